The monoisotopic (exact) mass is 476 g/mol. The highest BCUT2D eigenvalue weighted by Crippen LogP contribution is 2.42. The van der Waals surface area contributed by atoms with E-state index in [0.29, 0.717) is 25.2 Å². The van der Waals surface area contributed by atoms with Gasteiger partial charge in [0, 0.05) is 41.0 Å². The van der Waals surface area contributed by atoms with Gasteiger partial charge in [0.1, 0.15) is 6.04 Å². The van der Waals surface area contributed by atoms with Gasteiger partial charge in [0.05, 0.1) is 12.2 Å². The lowest BCUT2D eigenvalue weighted by Gasteiger charge is -2.19. The molecule has 4 aromatic rings. The summed E-state index contributed by atoms with van der Waals surface area (Å²) in [5, 5.41) is 7.27. The van der Waals surface area contributed by atoms with Gasteiger partial charge in [0.2, 0.25) is 5.91 Å². The molecule has 0 aliphatic carbocycles. The predicted octanol–water partition coefficient (Wildman–Crippen LogP) is 3.92. The summed E-state index contributed by atoms with van der Waals surface area (Å²) in [5.74, 6) is -0.0989. The molecule has 0 unspecified atom stereocenters. The molecule has 5 rings (SSSR count). The molecule has 3 aromatic heterocycles. The molecule has 0 radical (unpaired) electrons. The van der Waals surface area contributed by atoms with Crippen LogP contribution in [0.4, 0.5) is 5.82 Å². The van der Waals surface area contributed by atoms with Gasteiger partial charge in [-0.3, -0.25) is 19.1 Å². The van der Waals surface area contributed by atoms with Crippen molar-refractivity contribution >= 4 is 34.2 Å². The fourth-order valence-electron chi connectivity index (χ4n) is 4.62. The summed E-state index contributed by atoms with van der Waals surface area (Å²) < 4.78 is 1.51. The molecule has 174 valence electrons. The first-order valence-electron chi connectivity index (χ1n) is 11.1. The van der Waals surface area contributed by atoms with Gasteiger partial charge in [-0.25, -0.2) is 4.98 Å². The van der Waals surface area contributed by atoms with Gasteiger partial charge in [-0.05, 0) is 24.1 Å². The maximum absolute atomic E-state index is 13.4. The molecule has 0 bridgehead atoms. The first-order chi connectivity index (χ1) is 16.3. The Morgan fingerprint density at radius 1 is 1.24 bits per heavy atom. The number of nitrogens with one attached hydrogen (secondary N) is 3. The van der Waals surface area contributed by atoms with Crippen molar-refractivity contribution in [2.24, 2.45) is 0 Å². The topological polar surface area (TPSA) is 105 Å². The van der Waals surface area contributed by atoms with E-state index in [9.17, 15) is 9.59 Å². The number of hydrogen-bond donors (Lipinski definition) is 3. The molecule has 1 aliphatic rings. The Morgan fingerprint density at radius 2 is 2.03 bits per heavy atom. The van der Waals surface area contributed by atoms with Crippen molar-refractivity contribution < 1.29 is 4.79 Å². The van der Waals surface area contributed by atoms with Crippen molar-refractivity contribution in [1.82, 2.24) is 24.8 Å². The largest absolute Gasteiger partial charge is 0.361 e. The highest BCUT2D eigenvalue weighted by molar-refractivity contribution is 6.30. The number of aromatic nitrogens is 4. The summed E-state index contributed by atoms with van der Waals surface area (Å²) in [5.41, 5.74) is 2.58. The number of amides is 1. The van der Waals surface area contributed by atoms with Crippen molar-refractivity contribution in [3.05, 3.63) is 87.3 Å². The number of aromatic amines is 1. The van der Waals surface area contributed by atoms with E-state index >= 15 is 0 Å². The minimum Gasteiger partial charge on any atom is -0.361 e. The summed E-state index contributed by atoms with van der Waals surface area (Å²) in [4.78, 5) is 38.4. The first kappa shape index (κ1) is 22.2. The Morgan fingerprint density at radius 3 is 2.79 bits per heavy atom. The molecule has 0 saturated carbocycles. The lowest BCUT2D eigenvalue weighted by Crippen LogP contribution is -2.36. The van der Waals surface area contributed by atoms with Gasteiger partial charge < -0.3 is 15.6 Å². The van der Waals surface area contributed by atoms with E-state index in [1.165, 1.54) is 4.57 Å². The van der Waals surface area contributed by atoms with Crippen molar-refractivity contribution in [2.45, 2.75) is 44.8 Å². The average molecular weight is 477 g/mol. The lowest BCUT2D eigenvalue weighted by molar-refractivity contribution is -0.124. The number of nitrogens with zero attached hydrogens (tertiary/aromatic N) is 3. The van der Waals surface area contributed by atoms with Crippen LogP contribution in [0.3, 0.4) is 0 Å². The van der Waals surface area contributed by atoms with Crippen LogP contribution < -0.4 is 16.2 Å². The number of carbonyl (C=O) groups excluding carboxylic acids is 1. The zero-order valence-corrected chi connectivity index (χ0v) is 19.7. The van der Waals surface area contributed by atoms with Crippen LogP contribution in [0, 0.1) is 0 Å². The molecule has 8 nitrogen and oxygen atoms in total. The first-order valence-corrected chi connectivity index (χ1v) is 11.5. The van der Waals surface area contributed by atoms with E-state index in [0.717, 1.165) is 22.2 Å². The summed E-state index contributed by atoms with van der Waals surface area (Å²) in [6, 6.07) is 12.9. The molecular weight excluding hydrogens is 452 g/mol. The quantitative estimate of drug-likeness (QED) is 0.391. The van der Waals surface area contributed by atoms with Crippen LogP contribution in [0.25, 0.3) is 10.9 Å². The molecule has 0 fully saturated rings. The fraction of sp³-hybridized carbons (Fsp3) is 0.280. The number of H-pyrrole nitrogens is 1. The number of pyridine rings is 1. The third kappa shape index (κ3) is 4.05. The Hall–Kier alpha value is -3.65. The predicted molar refractivity (Wildman–Crippen MR) is 132 cm³/mol. The number of benzene rings is 1. The molecule has 9 heteroatoms. The minimum absolute atomic E-state index is 0.135. The van der Waals surface area contributed by atoms with Gasteiger partial charge in [-0.15, -0.1) is 0 Å². The van der Waals surface area contributed by atoms with E-state index in [1.54, 1.807) is 12.4 Å². The molecule has 4 heterocycles. The molecule has 1 aromatic carbocycles. The molecule has 1 aliphatic heterocycles. The van der Waals surface area contributed by atoms with Gasteiger partial charge in [-0.2, -0.15) is 0 Å². The normalized spacial score (nSPS) is 16.4. The summed E-state index contributed by atoms with van der Waals surface area (Å²) in [6.07, 6.45) is 3.94. The standard InChI is InChI=1S/C25H25ClN6O2/c1-25(2)11-19(23(33)29-14-17-10-16-13-27-9-8-18(16)30-17)32-20(25)21(26)31-22(24(32)34)28-12-15-6-4-3-5-7-15/h3-10,13,19,30H,11-12,14H2,1-2H3,(H,28,31)(H,29,33)/t19-/m0/s1. The molecule has 0 saturated heterocycles. The van der Waals surface area contributed by atoms with E-state index < -0.39 is 11.5 Å². The van der Waals surface area contributed by atoms with E-state index in [2.05, 4.69) is 25.6 Å². The van der Waals surface area contributed by atoms with Gasteiger partial charge >= 0.3 is 0 Å². The maximum Gasteiger partial charge on any atom is 0.294 e. The van der Waals surface area contributed by atoms with Crippen LogP contribution in [0.2, 0.25) is 5.15 Å². The summed E-state index contributed by atoms with van der Waals surface area (Å²) in [6.45, 7) is 4.68. The Labute approximate surface area is 201 Å². The SMILES string of the molecule is CC1(C)C[C@@H](C(=O)NCc2cc3cnccc3[nH]2)n2c1c(Cl)nc(NCc1ccccc1)c2=O. The number of halogens is 1. The smallest absolute Gasteiger partial charge is 0.294 e. The second-order valence-electron chi connectivity index (χ2n) is 9.19. The third-order valence-electron chi connectivity index (χ3n) is 6.26. The third-order valence-corrected chi connectivity index (χ3v) is 6.52. The fourth-order valence-corrected chi connectivity index (χ4v) is 5.05. The number of hydrogen-bond acceptors (Lipinski definition) is 5. The van der Waals surface area contributed by atoms with Gasteiger partial charge in [-0.1, -0.05) is 55.8 Å². The summed E-state index contributed by atoms with van der Waals surface area (Å²) in [7, 11) is 0. The minimum atomic E-state index is -0.679. The molecule has 34 heavy (non-hydrogen) atoms. The van der Waals surface area contributed by atoms with E-state index in [-0.39, 0.29) is 22.4 Å². The zero-order chi connectivity index (χ0) is 23.9. The number of anilines is 1. The Kier molecular flexibility index (Phi) is 5.61. The molecular formula is C25H25ClN6O2. The van der Waals surface area contributed by atoms with Crippen molar-refractivity contribution in [3.8, 4) is 0 Å². The van der Waals surface area contributed by atoms with E-state index in [4.69, 9.17) is 11.6 Å². The van der Waals surface area contributed by atoms with Crippen molar-refractivity contribution in [3.63, 3.8) is 0 Å². The van der Waals surface area contributed by atoms with Crippen LogP contribution in [0.5, 0.6) is 0 Å². The number of fused-ring (bicyclic) bond motifs is 2. The average Bonchev–Trinajstić information content (AvgIpc) is 3.37. The van der Waals surface area contributed by atoms with Gasteiger partial charge in [0.25, 0.3) is 5.56 Å². The lowest BCUT2D eigenvalue weighted by atomic mass is 9.87. The molecule has 1 amide bonds. The van der Waals surface area contributed by atoms with Crippen LogP contribution in [-0.2, 0) is 23.3 Å². The zero-order valence-electron chi connectivity index (χ0n) is 18.9. The van der Waals surface area contributed by atoms with Gasteiger partial charge in [0.15, 0.2) is 11.0 Å². The molecule has 0 spiro atoms. The highest BCUT2D eigenvalue weighted by atomic mass is 35.5. The van der Waals surface area contributed by atoms with Crippen molar-refractivity contribution in [1.29, 1.82) is 0 Å². The second kappa shape index (κ2) is 8.61. The molecule has 1 atom stereocenters. The number of rotatable bonds is 6. The number of carbonyl (C=O) groups is 1. The highest BCUT2D eigenvalue weighted by Gasteiger charge is 2.44. The second-order valence-corrected chi connectivity index (χ2v) is 9.55. The molecule has 3 N–H and O–H groups in total. The maximum atomic E-state index is 13.4. The Balaban J connectivity index is 1.40. The van der Waals surface area contributed by atoms with Crippen molar-refractivity contribution in [2.75, 3.05) is 5.32 Å². The van der Waals surface area contributed by atoms with Crippen LogP contribution in [-0.4, -0.2) is 25.4 Å². The van der Waals surface area contributed by atoms with E-state index in [1.807, 2.05) is 56.3 Å². The Bertz CT molecular complexity index is 1390. The van der Waals surface area contributed by atoms with Crippen LogP contribution in [0.15, 0.2) is 59.7 Å². The summed E-state index contributed by atoms with van der Waals surface area (Å²) >= 11 is 6.55. The van der Waals surface area contributed by atoms with Crippen LogP contribution >= 0.6 is 11.6 Å². The van der Waals surface area contributed by atoms with Crippen LogP contribution in [0.1, 0.15) is 43.3 Å².